The number of ether oxygens (including phenoxy) is 1. The molecule has 11 nitrogen and oxygen atoms in total. The molecule has 0 radical (unpaired) electrons. The molecule has 0 bridgehead atoms. The van der Waals surface area contributed by atoms with Crippen molar-refractivity contribution in [1.82, 2.24) is 14.5 Å². The van der Waals surface area contributed by atoms with Crippen LogP contribution >= 0.6 is 0 Å². The SMILES string of the molecule is Cc1cc(-c2ccccc2)c(C(=O)C(=O)Nc2cc3c(c(B(O)O)c2)N2CCN(c4ncc(F)cn4)C[C@@H]2CO3)n1C. The third-order valence-corrected chi connectivity index (χ3v) is 7.71. The Balaban J connectivity index is 1.25. The highest BCUT2D eigenvalue weighted by Gasteiger charge is 2.38. The van der Waals surface area contributed by atoms with Gasteiger partial charge in [0.05, 0.1) is 24.1 Å². The average Bonchev–Trinajstić information content (AvgIpc) is 3.30. The highest BCUT2D eigenvalue weighted by molar-refractivity contribution is 6.61. The van der Waals surface area contributed by atoms with Crippen LogP contribution in [0.25, 0.3) is 11.1 Å². The minimum atomic E-state index is -1.87. The number of carbonyl (C=O) groups excluding carboxylic acids is 2. The second kappa shape index (κ2) is 10.9. The molecule has 2 aromatic carbocycles. The molecule has 2 aromatic heterocycles. The average molecular weight is 570 g/mol. The summed E-state index contributed by atoms with van der Waals surface area (Å²) < 4.78 is 21.0. The highest BCUT2D eigenvalue weighted by atomic mass is 19.1. The van der Waals surface area contributed by atoms with Crippen LogP contribution in [0.1, 0.15) is 16.2 Å². The molecular formula is C29H28BFN6O5. The van der Waals surface area contributed by atoms with E-state index in [0.29, 0.717) is 42.6 Å². The molecule has 1 atom stereocenters. The Labute approximate surface area is 241 Å². The first kappa shape index (κ1) is 27.4. The third-order valence-electron chi connectivity index (χ3n) is 7.71. The van der Waals surface area contributed by atoms with Gasteiger partial charge in [-0.3, -0.25) is 9.59 Å². The number of rotatable bonds is 6. The Morgan fingerprint density at radius 3 is 2.55 bits per heavy atom. The van der Waals surface area contributed by atoms with Crippen LogP contribution in [0.2, 0.25) is 0 Å². The molecule has 6 rings (SSSR count). The number of halogens is 1. The third kappa shape index (κ3) is 4.97. The summed E-state index contributed by atoms with van der Waals surface area (Å²) in [5.74, 6) is -1.36. The first-order valence-electron chi connectivity index (χ1n) is 13.4. The zero-order valence-electron chi connectivity index (χ0n) is 23.0. The number of Topliss-reactive ketones (excluding diaryl/α,β-unsaturated/α-hetero) is 1. The lowest BCUT2D eigenvalue weighted by molar-refractivity contribution is -0.112. The topological polar surface area (TPSA) is 133 Å². The normalized spacial score (nSPS) is 15.9. The lowest BCUT2D eigenvalue weighted by atomic mass is 9.77. The number of anilines is 3. The molecule has 0 spiro atoms. The molecule has 4 aromatic rings. The van der Waals surface area contributed by atoms with E-state index in [4.69, 9.17) is 4.74 Å². The number of nitrogens with one attached hydrogen (secondary N) is 1. The van der Waals surface area contributed by atoms with Gasteiger partial charge >= 0.3 is 7.12 Å². The largest absolute Gasteiger partial charge is 0.490 e. The number of aromatic nitrogens is 3. The summed E-state index contributed by atoms with van der Waals surface area (Å²) in [6, 6.07) is 14.1. The number of benzene rings is 2. The Morgan fingerprint density at radius 2 is 1.83 bits per heavy atom. The van der Waals surface area contributed by atoms with Crippen LogP contribution in [0.4, 0.5) is 21.7 Å². The molecule has 1 amide bonds. The van der Waals surface area contributed by atoms with E-state index in [0.717, 1.165) is 23.7 Å². The van der Waals surface area contributed by atoms with Gasteiger partial charge in [0, 0.05) is 55.2 Å². The van der Waals surface area contributed by atoms with Crippen molar-refractivity contribution in [3.05, 3.63) is 78.1 Å². The molecule has 1 saturated heterocycles. The van der Waals surface area contributed by atoms with Gasteiger partial charge in [-0.1, -0.05) is 30.3 Å². The summed E-state index contributed by atoms with van der Waals surface area (Å²) in [7, 11) is -0.138. The molecule has 3 N–H and O–H groups in total. The first-order valence-corrected chi connectivity index (χ1v) is 13.4. The molecule has 42 heavy (non-hydrogen) atoms. The smallest absolute Gasteiger partial charge is 0.489 e. The quantitative estimate of drug-likeness (QED) is 0.179. The van der Waals surface area contributed by atoms with Gasteiger partial charge in [0.2, 0.25) is 5.95 Å². The Hall–Kier alpha value is -4.75. The van der Waals surface area contributed by atoms with Gasteiger partial charge < -0.3 is 34.5 Å². The maximum absolute atomic E-state index is 13.4. The number of piperazine rings is 1. The van der Waals surface area contributed by atoms with E-state index in [1.165, 1.54) is 6.07 Å². The number of hydrogen-bond acceptors (Lipinski definition) is 9. The van der Waals surface area contributed by atoms with Crippen LogP contribution in [-0.2, 0) is 11.8 Å². The summed E-state index contributed by atoms with van der Waals surface area (Å²) in [6.07, 6.45) is 2.23. The van der Waals surface area contributed by atoms with Gasteiger partial charge in [0.25, 0.3) is 11.7 Å². The van der Waals surface area contributed by atoms with E-state index in [1.807, 2.05) is 53.1 Å². The molecule has 0 unspecified atom stereocenters. The van der Waals surface area contributed by atoms with Crippen molar-refractivity contribution in [2.75, 3.05) is 41.4 Å². The lowest BCUT2D eigenvalue weighted by Gasteiger charge is -2.46. The number of aryl methyl sites for hydroxylation is 1. The van der Waals surface area contributed by atoms with Crippen molar-refractivity contribution >= 4 is 41.6 Å². The number of nitrogens with zero attached hydrogens (tertiary/aromatic N) is 5. The van der Waals surface area contributed by atoms with E-state index in [2.05, 4.69) is 15.3 Å². The van der Waals surface area contributed by atoms with E-state index < -0.39 is 24.6 Å². The molecule has 1 fully saturated rings. The van der Waals surface area contributed by atoms with Gasteiger partial charge in [-0.15, -0.1) is 0 Å². The molecule has 214 valence electrons. The molecule has 13 heteroatoms. The number of hydrogen-bond donors (Lipinski definition) is 3. The van der Waals surface area contributed by atoms with Crippen molar-refractivity contribution in [1.29, 1.82) is 0 Å². The number of carbonyl (C=O) groups is 2. The van der Waals surface area contributed by atoms with Crippen LogP contribution in [0, 0.1) is 12.7 Å². The lowest BCUT2D eigenvalue weighted by Crippen LogP contribution is -2.59. The molecular weight excluding hydrogens is 542 g/mol. The van der Waals surface area contributed by atoms with Gasteiger partial charge in [-0.05, 0) is 24.6 Å². The van der Waals surface area contributed by atoms with Crippen LogP contribution in [-0.4, -0.2) is 75.7 Å². The second-order valence-corrected chi connectivity index (χ2v) is 10.3. The van der Waals surface area contributed by atoms with Crippen LogP contribution in [0.5, 0.6) is 5.75 Å². The summed E-state index contributed by atoms with van der Waals surface area (Å²) >= 11 is 0. The Bertz CT molecular complexity index is 1660. The summed E-state index contributed by atoms with van der Waals surface area (Å²) in [4.78, 5) is 38.7. The van der Waals surface area contributed by atoms with Crippen molar-refractivity contribution in [2.45, 2.75) is 13.0 Å². The molecule has 4 heterocycles. The number of fused-ring (bicyclic) bond motifs is 3. The highest BCUT2D eigenvalue weighted by Crippen LogP contribution is 2.37. The Morgan fingerprint density at radius 1 is 1.10 bits per heavy atom. The zero-order chi connectivity index (χ0) is 29.5. The van der Waals surface area contributed by atoms with E-state index in [9.17, 15) is 24.0 Å². The first-order chi connectivity index (χ1) is 20.2. The van der Waals surface area contributed by atoms with E-state index >= 15 is 0 Å². The van der Waals surface area contributed by atoms with Gasteiger partial charge in [-0.25, -0.2) is 14.4 Å². The van der Waals surface area contributed by atoms with E-state index in [-0.39, 0.29) is 29.5 Å². The fourth-order valence-corrected chi connectivity index (χ4v) is 5.58. The van der Waals surface area contributed by atoms with Crippen molar-refractivity contribution in [3.8, 4) is 16.9 Å². The predicted octanol–water partition coefficient (Wildman–Crippen LogP) is 1.52. The molecule has 0 aliphatic carbocycles. The van der Waals surface area contributed by atoms with Gasteiger partial charge in [0.1, 0.15) is 18.1 Å². The standard InChI is InChI=1S/C29H28BFN6O5/c1-17-10-22(18-6-4-3-5-7-18)25(35(17)2)27(38)28(39)34-20-11-23(30(40)41)26-24(12-20)42-16-21-15-36(8-9-37(21)26)29-32-13-19(31)14-33-29/h3-7,10-14,21,40-41H,8-9,15-16H2,1-2H3,(H,34,39)/t21-/m1/s1. The van der Waals surface area contributed by atoms with Crippen molar-refractivity contribution in [3.63, 3.8) is 0 Å². The van der Waals surface area contributed by atoms with Crippen LogP contribution < -0.4 is 25.3 Å². The fraction of sp³-hybridized carbons (Fsp3) is 0.241. The monoisotopic (exact) mass is 570 g/mol. The Kier molecular flexibility index (Phi) is 7.13. The van der Waals surface area contributed by atoms with E-state index in [1.54, 1.807) is 17.7 Å². The van der Waals surface area contributed by atoms with Crippen LogP contribution in [0.3, 0.4) is 0 Å². The van der Waals surface area contributed by atoms with Crippen molar-refractivity contribution < 1.29 is 28.8 Å². The molecule has 0 saturated carbocycles. The molecule has 2 aliphatic heterocycles. The summed E-state index contributed by atoms with van der Waals surface area (Å²) in [6.45, 7) is 3.59. The zero-order valence-corrected chi connectivity index (χ0v) is 23.0. The minimum absolute atomic E-state index is 0.131. The fourth-order valence-electron chi connectivity index (χ4n) is 5.58. The predicted molar refractivity (Wildman–Crippen MR) is 156 cm³/mol. The van der Waals surface area contributed by atoms with Crippen LogP contribution in [0.15, 0.2) is 60.9 Å². The second-order valence-electron chi connectivity index (χ2n) is 10.3. The van der Waals surface area contributed by atoms with Gasteiger partial charge in [0.15, 0.2) is 5.82 Å². The maximum Gasteiger partial charge on any atom is 0.490 e. The summed E-state index contributed by atoms with van der Waals surface area (Å²) in [5.41, 5.74) is 3.34. The maximum atomic E-state index is 13.4. The van der Waals surface area contributed by atoms with Crippen molar-refractivity contribution in [2.24, 2.45) is 7.05 Å². The minimum Gasteiger partial charge on any atom is -0.489 e. The number of ketones is 1. The summed E-state index contributed by atoms with van der Waals surface area (Å²) in [5, 5.41) is 23.2. The van der Waals surface area contributed by atoms with Gasteiger partial charge in [-0.2, -0.15) is 0 Å². The number of amides is 1. The molecule has 2 aliphatic rings.